The van der Waals surface area contributed by atoms with Gasteiger partial charge in [0.05, 0.1) is 11.7 Å². The van der Waals surface area contributed by atoms with Crippen molar-refractivity contribution in [3.63, 3.8) is 0 Å². The first-order chi connectivity index (χ1) is 13.4. The molecule has 0 unspecified atom stereocenters. The van der Waals surface area contributed by atoms with Gasteiger partial charge >= 0.3 is 0 Å². The Morgan fingerprint density at radius 1 is 1.11 bits per heavy atom. The molecule has 0 spiro atoms. The second-order valence-electron chi connectivity index (χ2n) is 8.05. The molecule has 1 aliphatic carbocycles. The molecule has 0 atom stereocenters. The van der Waals surface area contributed by atoms with E-state index in [0.29, 0.717) is 0 Å². The van der Waals surface area contributed by atoms with Gasteiger partial charge in [0.25, 0.3) is 5.56 Å². The van der Waals surface area contributed by atoms with E-state index in [1.165, 1.54) is 5.56 Å². The van der Waals surface area contributed by atoms with Gasteiger partial charge in [-0.05, 0) is 73.4 Å². The van der Waals surface area contributed by atoms with Gasteiger partial charge in [-0.15, -0.1) is 0 Å². The Kier molecular flexibility index (Phi) is 5.07. The fourth-order valence-corrected chi connectivity index (χ4v) is 4.36. The number of benzene rings is 1. The molecule has 2 heterocycles. The molecule has 28 heavy (non-hydrogen) atoms. The maximum atomic E-state index is 12.5. The number of hydrogen-bond acceptors (Lipinski definition) is 3. The molecule has 4 rings (SSSR count). The second-order valence-corrected chi connectivity index (χ2v) is 8.49. The summed E-state index contributed by atoms with van der Waals surface area (Å²) in [5, 5.41) is 5.46. The van der Waals surface area contributed by atoms with Crippen molar-refractivity contribution in [2.75, 3.05) is 0 Å². The number of halogens is 1. The van der Waals surface area contributed by atoms with Crippen molar-refractivity contribution in [3.05, 3.63) is 81.4 Å². The third kappa shape index (κ3) is 3.74. The summed E-state index contributed by atoms with van der Waals surface area (Å²) < 4.78 is 1.68. The highest BCUT2D eigenvalue weighted by atomic mass is 35.5. The van der Waals surface area contributed by atoms with Gasteiger partial charge in [-0.3, -0.25) is 9.78 Å². The van der Waals surface area contributed by atoms with Crippen molar-refractivity contribution in [1.29, 1.82) is 0 Å². The smallest absolute Gasteiger partial charge is 0.267 e. The minimum atomic E-state index is -0.0410. The predicted molar refractivity (Wildman–Crippen MR) is 113 cm³/mol. The summed E-state index contributed by atoms with van der Waals surface area (Å²) in [6.45, 7) is 4.30. The molecule has 2 aromatic heterocycles. The summed E-state index contributed by atoms with van der Waals surface area (Å²) in [6.07, 6.45) is 7.46. The molecular formula is C23H24ClN3O. The quantitative estimate of drug-likeness (QED) is 0.603. The van der Waals surface area contributed by atoms with Crippen LogP contribution in [0.3, 0.4) is 0 Å². The van der Waals surface area contributed by atoms with E-state index in [-0.39, 0.29) is 17.0 Å². The molecule has 5 heteroatoms. The van der Waals surface area contributed by atoms with E-state index in [0.717, 1.165) is 47.5 Å². The molecule has 0 bridgehead atoms. The van der Waals surface area contributed by atoms with Crippen molar-refractivity contribution in [2.45, 2.75) is 51.0 Å². The number of aromatic nitrogens is 3. The SMILES string of the molecule is Cc1cncc(-c2ccc(=O)n(C3CCC(C)(c4cccc(Cl)c4)CC3)n2)c1. The predicted octanol–water partition coefficient (Wildman–Crippen LogP) is 5.34. The standard InChI is InChI=1S/C23H24ClN3O/c1-16-12-17(15-25-14-16)21-6-7-22(28)27(26-21)20-8-10-23(2,11-9-20)18-4-3-5-19(24)13-18/h3-7,12-15,20H,8-11H2,1-2H3. The van der Waals surface area contributed by atoms with Crippen molar-refractivity contribution in [1.82, 2.24) is 14.8 Å². The summed E-state index contributed by atoms with van der Waals surface area (Å²) in [5.74, 6) is 0. The first kappa shape index (κ1) is 18.9. The van der Waals surface area contributed by atoms with E-state index in [2.05, 4.69) is 29.1 Å². The van der Waals surface area contributed by atoms with Gasteiger partial charge in [0.15, 0.2) is 0 Å². The van der Waals surface area contributed by atoms with Crippen LogP contribution in [0.2, 0.25) is 5.02 Å². The Morgan fingerprint density at radius 3 is 2.61 bits per heavy atom. The highest BCUT2D eigenvalue weighted by Gasteiger charge is 2.34. The lowest BCUT2D eigenvalue weighted by atomic mass is 9.69. The summed E-state index contributed by atoms with van der Waals surface area (Å²) in [6, 6.07) is 13.7. The van der Waals surface area contributed by atoms with E-state index in [9.17, 15) is 4.79 Å². The molecule has 1 fully saturated rings. The Balaban J connectivity index is 1.58. The molecule has 0 N–H and O–H groups in total. The lowest BCUT2D eigenvalue weighted by Crippen LogP contribution is -2.34. The highest BCUT2D eigenvalue weighted by molar-refractivity contribution is 6.30. The number of rotatable bonds is 3. The van der Waals surface area contributed by atoms with Crippen LogP contribution in [0, 0.1) is 6.92 Å². The van der Waals surface area contributed by atoms with Gasteiger partial charge in [0, 0.05) is 29.0 Å². The topological polar surface area (TPSA) is 47.8 Å². The summed E-state index contributed by atoms with van der Waals surface area (Å²) in [7, 11) is 0. The zero-order valence-corrected chi connectivity index (χ0v) is 17.0. The number of pyridine rings is 1. The molecule has 1 saturated carbocycles. The Labute approximate surface area is 170 Å². The van der Waals surface area contributed by atoms with Crippen LogP contribution in [-0.2, 0) is 5.41 Å². The van der Waals surface area contributed by atoms with Gasteiger partial charge in [-0.2, -0.15) is 5.10 Å². The maximum Gasteiger partial charge on any atom is 0.267 e. The van der Waals surface area contributed by atoms with Crippen molar-refractivity contribution in [3.8, 4) is 11.3 Å². The second kappa shape index (κ2) is 7.51. The van der Waals surface area contributed by atoms with Crippen LogP contribution in [0.4, 0.5) is 0 Å². The third-order valence-electron chi connectivity index (χ3n) is 5.92. The minimum absolute atomic E-state index is 0.0410. The van der Waals surface area contributed by atoms with E-state index in [1.807, 2.05) is 31.3 Å². The van der Waals surface area contributed by atoms with Crippen molar-refractivity contribution < 1.29 is 0 Å². The third-order valence-corrected chi connectivity index (χ3v) is 6.16. The van der Waals surface area contributed by atoms with Crippen molar-refractivity contribution >= 4 is 11.6 Å². The fourth-order valence-electron chi connectivity index (χ4n) is 4.17. The number of nitrogens with zero attached hydrogens (tertiary/aromatic N) is 3. The largest absolute Gasteiger partial charge is 0.268 e. The Bertz CT molecular complexity index is 1050. The zero-order chi connectivity index (χ0) is 19.7. The molecule has 4 nitrogen and oxygen atoms in total. The average molecular weight is 394 g/mol. The van der Waals surface area contributed by atoms with E-state index < -0.39 is 0 Å². The summed E-state index contributed by atoms with van der Waals surface area (Å²) in [4.78, 5) is 16.8. The number of hydrogen-bond donors (Lipinski definition) is 0. The van der Waals surface area contributed by atoms with Gasteiger partial charge in [0.1, 0.15) is 0 Å². The molecular weight excluding hydrogens is 370 g/mol. The lowest BCUT2D eigenvalue weighted by Gasteiger charge is -2.38. The summed E-state index contributed by atoms with van der Waals surface area (Å²) in [5.41, 5.74) is 4.13. The number of aryl methyl sites for hydroxylation is 1. The van der Waals surface area contributed by atoms with Crippen LogP contribution >= 0.6 is 11.6 Å². The molecule has 0 aliphatic heterocycles. The van der Waals surface area contributed by atoms with Crippen LogP contribution < -0.4 is 5.56 Å². The molecule has 1 aliphatic rings. The first-order valence-corrected chi connectivity index (χ1v) is 10.1. The van der Waals surface area contributed by atoms with Crippen molar-refractivity contribution in [2.24, 2.45) is 0 Å². The van der Waals surface area contributed by atoms with Crippen LogP contribution in [0.15, 0.2) is 59.7 Å². The van der Waals surface area contributed by atoms with E-state index >= 15 is 0 Å². The van der Waals surface area contributed by atoms with Crippen LogP contribution in [0.1, 0.15) is 49.8 Å². The normalized spacial score (nSPS) is 22.2. The van der Waals surface area contributed by atoms with Gasteiger partial charge in [-0.25, -0.2) is 4.68 Å². The monoisotopic (exact) mass is 393 g/mol. The molecule has 144 valence electrons. The Hall–Kier alpha value is -2.46. The first-order valence-electron chi connectivity index (χ1n) is 9.73. The van der Waals surface area contributed by atoms with Gasteiger partial charge < -0.3 is 0 Å². The molecule has 1 aromatic carbocycles. The highest BCUT2D eigenvalue weighted by Crippen LogP contribution is 2.43. The molecule has 0 radical (unpaired) electrons. The average Bonchev–Trinajstić information content (AvgIpc) is 2.69. The zero-order valence-electron chi connectivity index (χ0n) is 16.2. The maximum absolute atomic E-state index is 12.5. The summed E-state index contributed by atoms with van der Waals surface area (Å²) >= 11 is 6.20. The lowest BCUT2D eigenvalue weighted by molar-refractivity contribution is 0.232. The molecule has 0 saturated heterocycles. The van der Waals surface area contributed by atoms with Gasteiger partial charge in [-0.1, -0.05) is 30.7 Å². The minimum Gasteiger partial charge on any atom is -0.268 e. The Morgan fingerprint density at radius 2 is 1.89 bits per heavy atom. The fraction of sp³-hybridized carbons (Fsp3) is 0.348. The van der Waals surface area contributed by atoms with E-state index in [4.69, 9.17) is 11.6 Å². The van der Waals surface area contributed by atoms with Crippen LogP contribution in [0.5, 0.6) is 0 Å². The van der Waals surface area contributed by atoms with Crippen LogP contribution in [-0.4, -0.2) is 14.8 Å². The van der Waals surface area contributed by atoms with E-state index in [1.54, 1.807) is 23.0 Å². The molecule has 0 amide bonds. The van der Waals surface area contributed by atoms with Gasteiger partial charge in [0.2, 0.25) is 0 Å². The van der Waals surface area contributed by atoms with Crippen LogP contribution in [0.25, 0.3) is 11.3 Å². The molecule has 3 aromatic rings.